The van der Waals surface area contributed by atoms with Gasteiger partial charge in [-0.15, -0.1) is 0 Å². The van der Waals surface area contributed by atoms with Crippen molar-refractivity contribution < 1.29 is 13.3 Å². The predicted octanol–water partition coefficient (Wildman–Crippen LogP) is 2.45. The zero-order valence-corrected chi connectivity index (χ0v) is 17.2. The summed E-state index contributed by atoms with van der Waals surface area (Å²) < 4.78 is 23.1. The number of hydrogen-bond donors (Lipinski definition) is 3. The lowest BCUT2D eigenvalue weighted by molar-refractivity contribution is -0.384. The van der Waals surface area contributed by atoms with Gasteiger partial charge in [0.15, 0.2) is 14.9 Å². The Morgan fingerprint density at radius 2 is 2.00 bits per heavy atom. The summed E-state index contributed by atoms with van der Waals surface area (Å²) >= 11 is 5.32. The summed E-state index contributed by atoms with van der Waals surface area (Å²) in [4.78, 5) is 10.5. The molecule has 0 bridgehead atoms. The smallest absolute Gasteiger partial charge is 0.293 e. The fraction of sp³-hybridized carbons (Fsp3) is 0.588. The van der Waals surface area contributed by atoms with Crippen molar-refractivity contribution in [1.82, 2.24) is 10.6 Å². The summed E-state index contributed by atoms with van der Waals surface area (Å²) in [5.74, 6) is 0.590. The highest BCUT2D eigenvalue weighted by Crippen LogP contribution is 2.27. The van der Waals surface area contributed by atoms with Gasteiger partial charge in [-0.1, -0.05) is 19.8 Å². The number of sulfone groups is 1. The number of nitrogens with one attached hydrogen (secondary N) is 3. The molecule has 0 heterocycles. The van der Waals surface area contributed by atoms with E-state index in [0.29, 0.717) is 30.2 Å². The van der Waals surface area contributed by atoms with E-state index in [-0.39, 0.29) is 16.3 Å². The number of anilines is 1. The zero-order chi connectivity index (χ0) is 20.0. The average Bonchev–Trinajstić information content (AvgIpc) is 2.59. The highest BCUT2D eigenvalue weighted by molar-refractivity contribution is 7.90. The number of thiocarbonyl (C=S) groups is 1. The third-order valence-electron chi connectivity index (χ3n) is 4.75. The molecule has 1 aromatic carbocycles. The van der Waals surface area contributed by atoms with Crippen LogP contribution in [0.3, 0.4) is 0 Å². The van der Waals surface area contributed by atoms with Crippen LogP contribution in [0, 0.1) is 16.0 Å². The largest absolute Gasteiger partial charge is 0.378 e. The van der Waals surface area contributed by atoms with E-state index in [4.69, 9.17) is 12.2 Å². The van der Waals surface area contributed by atoms with Crippen LogP contribution in [0.4, 0.5) is 11.4 Å². The lowest BCUT2D eigenvalue weighted by Gasteiger charge is -2.30. The molecule has 3 N–H and O–H groups in total. The predicted molar refractivity (Wildman–Crippen MR) is 110 cm³/mol. The first-order valence-corrected chi connectivity index (χ1v) is 11.2. The molecule has 10 heteroatoms. The second kappa shape index (κ2) is 9.32. The van der Waals surface area contributed by atoms with Crippen molar-refractivity contribution in [2.75, 3.05) is 24.7 Å². The average molecular weight is 415 g/mol. The van der Waals surface area contributed by atoms with E-state index >= 15 is 0 Å². The normalized spacial score (nSPS) is 19.9. The van der Waals surface area contributed by atoms with Gasteiger partial charge in [0.25, 0.3) is 5.69 Å². The molecule has 0 amide bonds. The minimum Gasteiger partial charge on any atom is -0.378 e. The number of nitro groups is 1. The van der Waals surface area contributed by atoms with Gasteiger partial charge in [-0.3, -0.25) is 10.1 Å². The summed E-state index contributed by atoms with van der Waals surface area (Å²) in [7, 11) is -3.50. The molecule has 1 fully saturated rings. The van der Waals surface area contributed by atoms with E-state index in [9.17, 15) is 18.5 Å². The van der Waals surface area contributed by atoms with Gasteiger partial charge in [0.05, 0.1) is 9.82 Å². The molecule has 0 spiro atoms. The van der Waals surface area contributed by atoms with E-state index in [1.54, 1.807) is 0 Å². The van der Waals surface area contributed by atoms with Crippen LogP contribution in [0.2, 0.25) is 0 Å². The number of rotatable bonds is 7. The second-order valence-corrected chi connectivity index (χ2v) is 9.33. The maximum absolute atomic E-state index is 11.6. The zero-order valence-electron chi connectivity index (χ0n) is 15.5. The first kappa shape index (κ1) is 21.4. The molecule has 0 saturated heterocycles. The highest BCUT2D eigenvalue weighted by atomic mass is 32.2. The van der Waals surface area contributed by atoms with Crippen LogP contribution < -0.4 is 16.0 Å². The Kier molecular flexibility index (Phi) is 7.37. The Hall–Kier alpha value is -1.94. The third-order valence-corrected chi connectivity index (χ3v) is 6.12. The summed E-state index contributed by atoms with van der Waals surface area (Å²) in [6.07, 6.45) is 5.80. The number of hydrogen-bond acceptors (Lipinski definition) is 6. The molecular weight excluding hydrogens is 388 g/mol. The van der Waals surface area contributed by atoms with Crippen molar-refractivity contribution >= 4 is 38.5 Å². The Morgan fingerprint density at radius 1 is 1.30 bits per heavy atom. The molecule has 150 valence electrons. The van der Waals surface area contributed by atoms with Gasteiger partial charge in [0, 0.05) is 31.5 Å². The van der Waals surface area contributed by atoms with E-state index in [1.165, 1.54) is 31.4 Å². The van der Waals surface area contributed by atoms with Crippen LogP contribution in [0.1, 0.15) is 32.6 Å². The minimum absolute atomic E-state index is 0.0788. The van der Waals surface area contributed by atoms with Crippen LogP contribution in [0.25, 0.3) is 0 Å². The number of benzene rings is 1. The topological polar surface area (TPSA) is 113 Å². The Balaban J connectivity index is 1.86. The molecule has 2 atom stereocenters. The second-order valence-electron chi connectivity index (χ2n) is 6.90. The van der Waals surface area contributed by atoms with Gasteiger partial charge in [-0.25, -0.2) is 8.42 Å². The lowest BCUT2D eigenvalue weighted by Crippen LogP contribution is -2.46. The van der Waals surface area contributed by atoms with E-state index in [1.807, 2.05) is 0 Å². The van der Waals surface area contributed by atoms with Crippen molar-refractivity contribution in [2.45, 2.75) is 43.5 Å². The van der Waals surface area contributed by atoms with E-state index in [2.05, 4.69) is 22.9 Å². The van der Waals surface area contributed by atoms with Crippen molar-refractivity contribution in [3.8, 4) is 0 Å². The molecule has 0 aliphatic heterocycles. The summed E-state index contributed by atoms with van der Waals surface area (Å²) in [5.41, 5.74) is 0.00337. The van der Waals surface area contributed by atoms with Crippen molar-refractivity contribution in [1.29, 1.82) is 0 Å². The number of nitro benzene ring substituents is 1. The lowest BCUT2D eigenvalue weighted by atomic mass is 9.86. The fourth-order valence-electron chi connectivity index (χ4n) is 3.17. The molecule has 1 saturated carbocycles. The van der Waals surface area contributed by atoms with E-state index in [0.717, 1.165) is 18.7 Å². The Bertz CT molecular complexity index is 798. The molecule has 0 unspecified atom stereocenters. The van der Waals surface area contributed by atoms with Crippen molar-refractivity contribution in [3.05, 3.63) is 28.3 Å². The van der Waals surface area contributed by atoms with Crippen LogP contribution in [-0.4, -0.2) is 43.8 Å². The molecule has 1 aliphatic rings. The van der Waals surface area contributed by atoms with Gasteiger partial charge >= 0.3 is 0 Å². The first-order chi connectivity index (χ1) is 12.7. The maximum Gasteiger partial charge on any atom is 0.293 e. The Morgan fingerprint density at radius 3 is 2.63 bits per heavy atom. The summed E-state index contributed by atoms with van der Waals surface area (Å²) in [6.45, 7) is 3.11. The SMILES string of the molecule is C[C@@H]1CCCC[C@H]1NC(=S)NCCNc1ccc(S(C)(=O)=O)cc1[N+](=O)[O-]. The van der Waals surface area contributed by atoms with E-state index < -0.39 is 14.8 Å². The molecule has 8 nitrogen and oxygen atoms in total. The fourth-order valence-corrected chi connectivity index (χ4v) is 4.06. The summed E-state index contributed by atoms with van der Waals surface area (Å²) in [5, 5.41) is 21.2. The van der Waals surface area contributed by atoms with Gasteiger partial charge in [-0.2, -0.15) is 0 Å². The van der Waals surface area contributed by atoms with Crippen LogP contribution in [-0.2, 0) is 9.84 Å². The van der Waals surface area contributed by atoms with Gasteiger partial charge < -0.3 is 16.0 Å². The standard InChI is InChI=1S/C17H26N4O4S2/c1-12-5-3-4-6-14(12)20-17(26)19-10-9-18-15-8-7-13(27(2,24)25)11-16(15)21(22)23/h7-8,11-12,14,18H,3-6,9-10H2,1-2H3,(H2,19,20,26)/t12-,14-/m1/s1. The first-order valence-electron chi connectivity index (χ1n) is 8.95. The monoisotopic (exact) mass is 414 g/mol. The summed E-state index contributed by atoms with van der Waals surface area (Å²) in [6, 6.07) is 4.22. The maximum atomic E-state index is 11.6. The molecule has 1 aromatic rings. The minimum atomic E-state index is -3.50. The van der Waals surface area contributed by atoms with Crippen LogP contribution in [0.5, 0.6) is 0 Å². The molecular formula is C17H26N4O4S2. The van der Waals surface area contributed by atoms with Gasteiger partial charge in [0.1, 0.15) is 5.69 Å². The van der Waals surface area contributed by atoms with Crippen LogP contribution in [0.15, 0.2) is 23.1 Å². The Labute approximate surface area is 165 Å². The third kappa shape index (κ3) is 6.31. The molecule has 1 aliphatic carbocycles. The number of nitrogens with zero attached hydrogens (tertiary/aromatic N) is 1. The van der Waals surface area contributed by atoms with Crippen molar-refractivity contribution in [3.63, 3.8) is 0 Å². The molecule has 27 heavy (non-hydrogen) atoms. The van der Waals surface area contributed by atoms with Crippen LogP contribution >= 0.6 is 12.2 Å². The quantitative estimate of drug-likeness (QED) is 0.270. The van der Waals surface area contributed by atoms with Gasteiger partial charge in [-0.05, 0) is 43.1 Å². The molecule has 0 aromatic heterocycles. The molecule has 0 radical (unpaired) electrons. The highest BCUT2D eigenvalue weighted by Gasteiger charge is 2.21. The van der Waals surface area contributed by atoms with Crippen molar-refractivity contribution in [2.24, 2.45) is 5.92 Å². The van der Waals surface area contributed by atoms with Gasteiger partial charge in [0.2, 0.25) is 0 Å². The molecule has 2 rings (SSSR count).